The highest BCUT2D eigenvalue weighted by atomic mass is 16.5. The third-order valence-electron chi connectivity index (χ3n) is 3.14. The molecule has 7 nitrogen and oxygen atoms in total. The molecular formula is C14H18N6O. The molecule has 0 aliphatic carbocycles. The van der Waals surface area contributed by atoms with Crippen molar-refractivity contribution in [3.63, 3.8) is 0 Å². The maximum absolute atomic E-state index is 5.03. The number of rotatable bonds is 6. The summed E-state index contributed by atoms with van der Waals surface area (Å²) in [7, 11) is 1.68. The highest BCUT2D eigenvalue weighted by molar-refractivity contribution is 5.41. The van der Waals surface area contributed by atoms with E-state index in [1.807, 2.05) is 36.3 Å². The third-order valence-corrected chi connectivity index (χ3v) is 3.14. The Kier molecular flexibility index (Phi) is 3.83. The highest BCUT2D eigenvalue weighted by Crippen LogP contribution is 2.09. The molecule has 0 atom stereocenters. The van der Waals surface area contributed by atoms with E-state index < -0.39 is 0 Å². The molecule has 110 valence electrons. The molecule has 0 saturated carbocycles. The predicted molar refractivity (Wildman–Crippen MR) is 79.2 cm³/mol. The predicted octanol–water partition coefficient (Wildman–Crippen LogP) is 1.49. The smallest absolute Gasteiger partial charge is 0.155 e. The van der Waals surface area contributed by atoms with E-state index in [0.29, 0.717) is 13.2 Å². The summed E-state index contributed by atoms with van der Waals surface area (Å²) >= 11 is 0. The molecule has 3 aromatic rings. The van der Waals surface area contributed by atoms with E-state index >= 15 is 0 Å². The van der Waals surface area contributed by atoms with Gasteiger partial charge in [0, 0.05) is 43.9 Å². The van der Waals surface area contributed by atoms with Gasteiger partial charge in [0.15, 0.2) is 5.65 Å². The Hall–Kier alpha value is -2.41. The summed E-state index contributed by atoms with van der Waals surface area (Å²) in [6.45, 7) is 4.04. The Morgan fingerprint density at radius 2 is 2.19 bits per heavy atom. The van der Waals surface area contributed by atoms with Gasteiger partial charge in [-0.25, -0.2) is 9.50 Å². The highest BCUT2D eigenvalue weighted by Gasteiger charge is 2.02. The lowest BCUT2D eigenvalue weighted by molar-refractivity contribution is 0.183. The minimum absolute atomic E-state index is 0.653. The third kappa shape index (κ3) is 3.19. The first-order valence-electron chi connectivity index (χ1n) is 6.81. The molecule has 0 unspecified atom stereocenters. The zero-order valence-electron chi connectivity index (χ0n) is 12.2. The van der Waals surface area contributed by atoms with Crippen LogP contribution < -0.4 is 5.32 Å². The second-order valence-corrected chi connectivity index (χ2v) is 4.89. The number of hydrogen-bond acceptors (Lipinski definition) is 5. The van der Waals surface area contributed by atoms with Gasteiger partial charge in [0.2, 0.25) is 0 Å². The van der Waals surface area contributed by atoms with Crippen LogP contribution in [-0.4, -0.2) is 38.1 Å². The second kappa shape index (κ2) is 5.92. The first kappa shape index (κ1) is 13.6. The Balaban J connectivity index is 1.64. The molecule has 0 fully saturated rings. The Labute approximate surface area is 122 Å². The molecule has 1 N–H and O–H groups in total. The summed E-state index contributed by atoms with van der Waals surface area (Å²) in [5, 5.41) is 11.9. The molecule has 3 aromatic heterocycles. The lowest BCUT2D eigenvalue weighted by Crippen LogP contribution is -2.04. The van der Waals surface area contributed by atoms with Crippen LogP contribution in [0.3, 0.4) is 0 Å². The van der Waals surface area contributed by atoms with Gasteiger partial charge < -0.3 is 10.1 Å². The van der Waals surface area contributed by atoms with Crippen molar-refractivity contribution in [2.45, 2.75) is 20.0 Å². The maximum atomic E-state index is 5.03. The second-order valence-electron chi connectivity index (χ2n) is 4.89. The van der Waals surface area contributed by atoms with Crippen LogP contribution in [0.4, 0.5) is 5.69 Å². The SMILES string of the molecule is COCCn1cc(NCc2cnc3cc(C)nn3c2)cn1. The van der Waals surface area contributed by atoms with Crippen LogP contribution in [0.25, 0.3) is 5.65 Å². The van der Waals surface area contributed by atoms with E-state index in [9.17, 15) is 0 Å². The Bertz CT molecular complexity index is 732. The van der Waals surface area contributed by atoms with Crippen molar-refractivity contribution in [1.82, 2.24) is 24.4 Å². The molecule has 0 aliphatic heterocycles. The molecule has 0 aliphatic rings. The summed E-state index contributed by atoms with van der Waals surface area (Å²) in [5.41, 5.74) is 3.87. The summed E-state index contributed by atoms with van der Waals surface area (Å²) in [6, 6.07) is 1.96. The van der Waals surface area contributed by atoms with Crippen LogP contribution in [-0.2, 0) is 17.8 Å². The van der Waals surface area contributed by atoms with Gasteiger partial charge in [0.25, 0.3) is 0 Å². The van der Waals surface area contributed by atoms with E-state index in [2.05, 4.69) is 20.5 Å². The van der Waals surface area contributed by atoms with Crippen molar-refractivity contribution in [2.75, 3.05) is 19.0 Å². The lowest BCUT2D eigenvalue weighted by Gasteiger charge is -2.04. The zero-order valence-corrected chi connectivity index (χ0v) is 12.2. The number of fused-ring (bicyclic) bond motifs is 1. The monoisotopic (exact) mass is 286 g/mol. The van der Waals surface area contributed by atoms with Gasteiger partial charge in [-0.2, -0.15) is 10.2 Å². The zero-order chi connectivity index (χ0) is 14.7. The lowest BCUT2D eigenvalue weighted by atomic mass is 10.3. The average molecular weight is 286 g/mol. The molecule has 0 saturated heterocycles. The van der Waals surface area contributed by atoms with Crippen molar-refractivity contribution in [3.05, 3.63) is 42.1 Å². The van der Waals surface area contributed by atoms with Crippen LogP contribution >= 0.6 is 0 Å². The first-order valence-corrected chi connectivity index (χ1v) is 6.81. The molecular weight excluding hydrogens is 268 g/mol. The maximum Gasteiger partial charge on any atom is 0.155 e. The van der Waals surface area contributed by atoms with Crippen LogP contribution in [0.5, 0.6) is 0 Å². The number of nitrogens with one attached hydrogen (secondary N) is 1. The number of hydrogen-bond donors (Lipinski definition) is 1. The summed E-state index contributed by atoms with van der Waals surface area (Å²) in [6.07, 6.45) is 7.61. The average Bonchev–Trinajstić information content (AvgIpc) is 3.07. The molecule has 0 bridgehead atoms. The number of aromatic nitrogens is 5. The topological polar surface area (TPSA) is 69.3 Å². The van der Waals surface area contributed by atoms with E-state index in [-0.39, 0.29) is 0 Å². The quantitative estimate of drug-likeness (QED) is 0.743. The largest absolute Gasteiger partial charge is 0.383 e. The molecule has 3 heterocycles. The van der Waals surface area contributed by atoms with Crippen molar-refractivity contribution >= 4 is 11.3 Å². The Morgan fingerprint density at radius 3 is 3.05 bits per heavy atom. The van der Waals surface area contributed by atoms with Gasteiger partial charge >= 0.3 is 0 Å². The molecule has 0 radical (unpaired) electrons. The van der Waals surface area contributed by atoms with Crippen molar-refractivity contribution < 1.29 is 4.74 Å². The van der Waals surface area contributed by atoms with Crippen molar-refractivity contribution in [2.24, 2.45) is 0 Å². The van der Waals surface area contributed by atoms with Gasteiger partial charge in [-0.15, -0.1) is 0 Å². The fourth-order valence-electron chi connectivity index (χ4n) is 2.09. The Morgan fingerprint density at radius 1 is 1.29 bits per heavy atom. The minimum atomic E-state index is 0.653. The normalized spacial score (nSPS) is 11.1. The molecule has 7 heteroatoms. The summed E-state index contributed by atoms with van der Waals surface area (Å²) in [5.74, 6) is 0. The number of ether oxygens (including phenoxy) is 1. The fraction of sp³-hybridized carbons (Fsp3) is 0.357. The van der Waals surface area contributed by atoms with E-state index in [1.165, 1.54) is 0 Å². The minimum Gasteiger partial charge on any atom is -0.383 e. The molecule has 3 rings (SSSR count). The molecule has 0 amide bonds. The number of anilines is 1. The van der Waals surface area contributed by atoms with Crippen LogP contribution in [0, 0.1) is 6.92 Å². The van der Waals surface area contributed by atoms with Gasteiger partial charge in [0.05, 0.1) is 30.7 Å². The number of aryl methyl sites for hydroxylation is 1. The van der Waals surface area contributed by atoms with E-state index in [1.54, 1.807) is 17.8 Å². The van der Waals surface area contributed by atoms with Crippen molar-refractivity contribution in [3.8, 4) is 0 Å². The van der Waals surface area contributed by atoms with E-state index in [4.69, 9.17) is 4.74 Å². The first-order chi connectivity index (χ1) is 10.2. The molecule has 0 spiro atoms. The molecule has 0 aromatic carbocycles. The summed E-state index contributed by atoms with van der Waals surface area (Å²) in [4.78, 5) is 4.38. The van der Waals surface area contributed by atoms with Gasteiger partial charge in [0.1, 0.15) is 0 Å². The number of nitrogens with zero attached hydrogens (tertiary/aromatic N) is 5. The van der Waals surface area contributed by atoms with Gasteiger partial charge in [-0.05, 0) is 6.92 Å². The van der Waals surface area contributed by atoms with Gasteiger partial charge in [-0.3, -0.25) is 4.68 Å². The molecule has 21 heavy (non-hydrogen) atoms. The fourth-order valence-corrected chi connectivity index (χ4v) is 2.09. The van der Waals surface area contributed by atoms with Crippen molar-refractivity contribution in [1.29, 1.82) is 0 Å². The standard InChI is InChI=1S/C14H18N6O/c1-11-5-14-16-7-12(9-20(14)18-11)6-15-13-8-17-19(10-13)3-4-21-2/h5,7-10,15H,3-4,6H2,1-2H3. The van der Waals surface area contributed by atoms with E-state index in [0.717, 1.165) is 29.1 Å². The summed E-state index contributed by atoms with van der Waals surface area (Å²) < 4.78 is 8.68. The van der Waals surface area contributed by atoms with Gasteiger partial charge in [-0.1, -0.05) is 0 Å². The van der Waals surface area contributed by atoms with Crippen LogP contribution in [0.2, 0.25) is 0 Å². The van der Waals surface area contributed by atoms with Crippen LogP contribution in [0.15, 0.2) is 30.9 Å². The van der Waals surface area contributed by atoms with Crippen LogP contribution in [0.1, 0.15) is 11.3 Å². The number of methoxy groups -OCH3 is 1.